The molecule has 21 heavy (non-hydrogen) atoms. The summed E-state index contributed by atoms with van der Waals surface area (Å²) in [6.45, 7) is 2.54. The molecule has 1 heterocycles. The van der Waals surface area contributed by atoms with Gasteiger partial charge in [-0.15, -0.1) is 0 Å². The molecule has 112 valence electrons. The van der Waals surface area contributed by atoms with Crippen LogP contribution in [0.1, 0.15) is 28.5 Å². The molecule has 0 saturated heterocycles. The van der Waals surface area contributed by atoms with Gasteiger partial charge in [-0.1, -0.05) is 6.92 Å². The molecule has 0 aliphatic rings. The van der Waals surface area contributed by atoms with E-state index >= 15 is 0 Å². The van der Waals surface area contributed by atoms with Crippen LogP contribution in [0.2, 0.25) is 0 Å². The molecule has 2 rings (SSSR count). The third-order valence-corrected chi connectivity index (χ3v) is 3.18. The van der Waals surface area contributed by atoms with Gasteiger partial charge in [0.1, 0.15) is 5.82 Å². The average molecular weight is 291 g/mol. The van der Waals surface area contributed by atoms with E-state index in [0.717, 1.165) is 23.7 Å². The molecule has 0 aliphatic carbocycles. The lowest BCUT2D eigenvalue weighted by molar-refractivity contribution is 0.0601. The van der Waals surface area contributed by atoms with Gasteiger partial charge in [0, 0.05) is 31.0 Å². The number of benzene rings is 1. The maximum atomic E-state index is 13.3. The summed E-state index contributed by atoms with van der Waals surface area (Å²) < 4.78 is 19.7. The number of ether oxygens (including phenoxy) is 1. The molecule has 0 aliphatic heterocycles. The number of aryl methyl sites for hydroxylation is 2. The average Bonchev–Trinajstić information content (AvgIpc) is 2.85. The lowest BCUT2D eigenvalue weighted by Gasteiger charge is -2.10. The smallest absolute Gasteiger partial charge is 0.340 e. The Morgan fingerprint density at radius 2 is 2.24 bits per heavy atom. The molecular weight excluding hydrogens is 273 g/mol. The summed E-state index contributed by atoms with van der Waals surface area (Å²) in [7, 11) is 3.13. The summed E-state index contributed by atoms with van der Waals surface area (Å²) in [4.78, 5) is 11.7. The van der Waals surface area contributed by atoms with Crippen LogP contribution in [0.4, 0.5) is 10.1 Å². The quantitative estimate of drug-likeness (QED) is 0.860. The molecule has 1 N–H and O–H groups in total. The number of carbonyl (C=O) groups is 1. The van der Waals surface area contributed by atoms with Crippen LogP contribution >= 0.6 is 0 Å². The number of methoxy groups -OCH3 is 1. The number of nitrogens with one attached hydrogen (secondary N) is 1. The van der Waals surface area contributed by atoms with Crippen molar-refractivity contribution >= 4 is 11.7 Å². The van der Waals surface area contributed by atoms with Crippen molar-refractivity contribution in [1.29, 1.82) is 0 Å². The summed E-state index contributed by atoms with van der Waals surface area (Å²) in [5.41, 5.74) is 2.75. The van der Waals surface area contributed by atoms with E-state index in [4.69, 9.17) is 0 Å². The molecule has 0 bridgehead atoms. The lowest BCUT2D eigenvalue weighted by Crippen LogP contribution is -2.09. The minimum atomic E-state index is -0.570. The number of hydrogen-bond donors (Lipinski definition) is 1. The lowest BCUT2D eigenvalue weighted by atomic mass is 10.1. The van der Waals surface area contributed by atoms with E-state index in [1.807, 2.05) is 20.2 Å². The molecule has 1 aromatic heterocycles. The van der Waals surface area contributed by atoms with E-state index in [2.05, 4.69) is 15.2 Å². The summed E-state index contributed by atoms with van der Waals surface area (Å²) in [6.07, 6.45) is 2.75. The molecule has 0 amide bonds. The highest BCUT2D eigenvalue weighted by Gasteiger charge is 2.14. The van der Waals surface area contributed by atoms with E-state index in [1.165, 1.54) is 19.2 Å². The minimum Gasteiger partial charge on any atom is -0.465 e. The van der Waals surface area contributed by atoms with Crippen LogP contribution < -0.4 is 5.32 Å². The fourth-order valence-corrected chi connectivity index (χ4v) is 2.17. The van der Waals surface area contributed by atoms with Crippen molar-refractivity contribution in [2.24, 2.45) is 7.05 Å². The van der Waals surface area contributed by atoms with Crippen molar-refractivity contribution in [3.8, 4) is 0 Å². The van der Waals surface area contributed by atoms with E-state index in [1.54, 1.807) is 4.68 Å². The number of rotatable bonds is 5. The zero-order chi connectivity index (χ0) is 15.4. The first-order valence-electron chi connectivity index (χ1n) is 6.68. The molecule has 0 spiro atoms. The van der Waals surface area contributed by atoms with Gasteiger partial charge in [0.25, 0.3) is 0 Å². The number of aromatic nitrogens is 2. The Morgan fingerprint density at radius 1 is 1.48 bits per heavy atom. The number of hydrogen-bond acceptors (Lipinski definition) is 4. The van der Waals surface area contributed by atoms with Crippen molar-refractivity contribution in [3.63, 3.8) is 0 Å². The number of esters is 1. The molecule has 0 saturated carbocycles. The Labute approximate surface area is 122 Å². The van der Waals surface area contributed by atoms with E-state index in [-0.39, 0.29) is 5.56 Å². The third-order valence-electron chi connectivity index (χ3n) is 3.18. The highest BCUT2D eigenvalue weighted by Crippen LogP contribution is 2.19. The third kappa shape index (κ3) is 3.39. The maximum Gasteiger partial charge on any atom is 0.340 e. The van der Waals surface area contributed by atoms with Gasteiger partial charge in [0.05, 0.1) is 18.4 Å². The SMILES string of the molecule is CCc1nn(C)cc1CNc1ccc(F)cc1C(=O)OC. The van der Waals surface area contributed by atoms with Gasteiger partial charge in [-0.25, -0.2) is 9.18 Å². The van der Waals surface area contributed by atoms with Crippen LogP contribution in [0.25, 0.3) is 0 Å². The van der Waals surface area contributed by atoms with Gasteiger partial charge in [0.15, 0.2) is 0 Å². The van der Waals surface area contributed by atoms with E-state index < -0.39 is 11.8 Å². The summed E-state index contributed by atoms with van der Waals surface area (Å²) in [5.74, 6) is -1.05. The van der Waals surface area contributed by atoms with Crippen molar-refractivity contribution in [1.82, 2.24) is 9.78 Å². The molecule has 0 fully saturated rings. The van der Waals surface area contributed by atoms with Crippen molar-refractivity contribution in [2.45, 2.75) is 19.9 Å². The number of carbonyl (C=O) groups excluding carboxylic acids is 1. The largest absolute Gasteiger partial charge is 0.465 e. The molecule has 0 atom stereocenters. The minimum absolute atomic E-state index is 0.180. The maximum absolute atomic E-state index is 13.3. The monoisotopic (exact) mass is 291 g/mol. The van der Waals surface area contributed by atoms with E-state index in [9.17, 15) is 9.18 Å². The van der Waals surface area contributed by atoms with Crippen molar-refractivity contribution in [2.75, 3.05) is 12.4 Å². The Hall–Kier alpha value is -2.37. The van der Waals surface area contributed by atoms with E-state index in [0.29, 0.717) is 12.2 Å². The topological polar surface area (TPSA) is 56.2 Å². The fraction of sp³-hybridized carbons (Fsp3) is 0.333. The predicted molar refractivity (Wildman–Crippen MR) is 77.7 cm³/mol. The molecule has 6 heteroatoms. The van der Waals surface area contributed by atoms with Crippen LogP contribution in [-0.2, 0) is 24.8 Å². The molecule has 1 aromatic carbocycles. The Balaban J connectivity index is 2.21. The standard InChI is InChI=1S/C15H18FN3O2/c1-4-13-10(9-19(2)18-13)8-17-14-6-5-11(16)7-12(14)15(20)21-3/h5-7,9,17H,4,8H2,1-3H3. The second kappa shape index (κ2) is 6.39. The van der Waals surface area contributed by atoms with Crippen molar-refractivity contribution in [3.05, 3.63) is 47.0 Å². The van der Waals surface area contributed by atoms with Gasteiger partial charge < -0.3 is 10.1 Å². The second-order valence-electron chi connectivity index (χ2n) is 4.66. The highest BCUT2D eigenvalue weighted by atomic mass is 19.1. The highest BCUT2D eigenvalue weighted by molar-refractivity contribution is 5.95. The molecule has 0 radical (unpaired) electrons. The van der Waals surface area contributed by atoms with Gasteiger partial charge in [-0.3, -0.25) is 4.68 Å². The first kappa shape index (κ1) is 15.0. The predicted octanol–water partition coefficient (Wildman–Crippen LogP) is 2.52. The summed E-state index contributed by atoms with van der Waals surface area (Å²) >= 11 is 0. The van der Waals surface area contributed by atoms with Crippen LogP contribution in [0.15, 0.2) is 24.4 Å². The van der Waals surface area contributed by atoms with Crippen LogP contribution in [-0.4, -0.2) is 22.9 Å². The van der Waals surface area contributed by atoms with Gasteiger partial charge >= 0.3 is 5.97 Å². The fourth-order valence-electron chi connectivity index (χ4n) is 2.17. The first-order valence-corrected chi connectivity index (χ1v) is 6.68. The van der Waals surface area contributed by atoms with Crippen LogP contribution in [0.5, 0.6) is 0 Å². The zero-order valence-electron chi connectivity index (χ0n) is 12.3. The summed E-state index contributed by atoms with van der Waals surface area (Å²) in [5, 5.41) is 7.49. The van der Waals surface area contributed by atoms with Crippen LogP contribution in [0, 0.1) is 5.82 Å². The second-order valence-corrected chi connectivity index (χ2v) is 4.66. The number of anilines is 1. The molecule has 0 unspecified atom stereocenters. The van der Waals surface area contributed by atoms with Crippen LogP contribution in [0.3, 0.4) is 0 Å². The number of halogens is 1. The molecule has 2 aromatic rings. The van der Waals surface area contributed by atoms with Gasteiger partial charge in [-0.05, 0) is 24.6 Å². The Morgan fingerprint density at radius 3 is 2.90 bits per heavy atom. The van der Waals surface area contributed by atoms with Gasteiger partial charge in [0.2, 0.25) is 0 Å². The van der Waals surface area contributed by atoms with Gasteiger partial charge in [-0.2, -0.15) is 5.10 Å². The molecular formula is C15H18FN3O2. The van der Waals surface area contributed by atoms with Crippen molar-refractivity contribution < 1.29 is 13.9 Å². The normalized spacial score (nSPS) is 10.5. The first-order chi connectivity index (χ1) is 10.0. The zero-order valence-corrected chi connectivity index (χ0v) is 12.3. The molecule has 5 nitrogen and oxygen atoms in total. The summed E-state index contributed by atoms with van der Waals surface area (Å²) in [6, 6.07) is 4.00. The Kier molecular flexibility index (Phi) is 4.57. The Bertz CT molecular complexity index is 652. The number of nitrogens with zero attached hydrogens (tertiary/aromatic N) is 2.